The van der Waals surface area contributed by atoms with Crippen molar-refractivity contribution < 1.29 is 23.8 Å². The number of ether oxygens (including phenoxy) is 1. The van der Waals surface area contributed by atoms with Gasteiger partial charge in [-0.1, -0.05) is 25.1 Å². The maximum absolute atomic E-state index is 13.6. The number of aliphatic carboxylic acids is 1. The van der Waals surface area contributed by atoms with Gasteiger partial charge in [-0.25, -0.2) is 9.18 Å². The number of nitrogens with zero attached hydrogens (tertiary/aromatic N) is 1. The summed E-state index contributed by atoms with van der Waals surface area (Å²) in [5, 5.41) is 8.71. The standard InChI is InChI=1S/C20H20FNO4/c1-13-8-18(14-4-2-6-16(21)9-14)22(11-13)20(25)15-5-3-7-17(10-15)26-12-19(23)24/h2-7,9-10,13,18H,8,11-12H2,1H3,(H,23,24). The highest BCUT2D eigenvalue weighted by atomic mass is 19.1. The van der Waals surface area contributed by atoms with E-state index in [0.29, 0.717) is 23.8 Å². The lowest BCUT2D eigenvalue weighted by Gasteiger charge is -2.25. The Labute approximate surface area is 151 Å². The number of carbonyl (C=O) groups excluding carboxylic acids is 1. The van der Waals surface area contributed by atoms with Crippen LogP contribution in [0.25, 0.3) is 0 Å². The molecule has 2 unspecified atom stereocenters. The van der Waals surface area contributed by atoms with Crippen LogP contribution in [0.1, 0.15) is 35.3 Å². The Kier molecular flexibility index (Phi) is 5.21. The molecule has 1 aliphatic rings. The van der Waals surface area contributed by atoms with Crippen molar-refractivity contribution in [1.29, 1.82) is 0 Å². The topological polar surface area (TPSA) is 66.8 Å². The average Bonchev–Trinajstić information content (AvgIpc) is 3.01. The fraction of sp³-hybridized carbons (Fsp3) is 0.300. The number of carboxylic acid groups (broad SMARTS) is 1. The highest BCUT2D eigenvalue weighted by Gasteiger charge is 2.34. The molecule has 0 radical (unpaired) electrons. The van der Waals surface area contributed by atoms with Crippen LogP contribution in [0.5, 0.6) is 5.75 Å². The van der Waals surface area contributed by atoms with Crippen molar-refractivity contribution in [3.05, 3.63) is 65.5 Å². The summed E-state index contributed by atoms with van der Waals surface area (Å²) in [5.41, 5.74) is 1.20. The molecule has 1 fully saturated rings. The second-order valence-electron chi connectivity index (χ2n) is 6.58. The summed E-state index contributed by atoms with van der Waals surface area (Å²) in [6.07, 6.45) is 0.768. The predicted octanol–water partition coefficient (Wildman–Crippen LogP) is 3.51. The van der Waals surface area contributed by atoms with Gasteiger partial charge in [0.2, 0.25) is 0 Å². The lowest BCUT2D eigenvalue weighted by Crippen LogP contribution is -2.31. The van der Waals surface area contributed by atoms with E-state index in [4.69, 9.17) is 9.84 Å². The third-order valence-electron chi connectivity index (χ3n) is 4.45. The van der Waals surface area contributed by atoms with Gasteiger partial charge in [0.15, 0.2) is 6.61 Å². The largest absolute Gasteiger partial charge is 0.482 e. The predicted molar refractivity (Wildman–Crippen MR) is 93.5 cm³/mol. The molecule has 1 aliphatic heterocycles. The van der Waals surface area contributed by atoms with Crippen LogP contribution < -0.4 is 4.74 Å². The Morgan fingerprint density at radius 2 is 2.00 bits per heavy atom. The lowest BCUT2D eigenvalue weighted by molar-refractivity contribution is -0.139. The first-order valence-corrected chi connectivity index (χ1v) is 8.45. The molecular formula is C20H20FNO4. The summed E-state index contributed by atoms with van der Waals surface area (Å²) in [6.45, 7) is 2.18. The van der Waals surface area contributed by atoms with Gasteiger partial charge in [-0.3, -0.25) is 4.79 Å². The molecule has 0 bridgehead atoms. The number of carboxylic acids is 1. The highest BCUT2D eigenvalue weighted by molar-refractivity contribution is 5.95. The van der Waals surface area contributed by atoms with Gasteiger partial charge < -0.3 is 14.7 Å². The molecule has 1 amide bonds. The smallest absolute Gasteiger partial charge is 0.341 e. The Hall–Kier alpha value is -2.89. The van der Waals surface area contributed by atoms with Crippen molar-refractivity contribution in [2.24, 2.45) is 5.92 Å². The Morgan fingerprint density at radius 3 is 2.73 bits per heavy atom. The van der Waals surface area contributed by atoms with E-state index in [-0.39, 0.29) is 17.8 Å². The third-order valence-corrected chi connectivity index (χ3v) is 4.45. The van der Waals surface area contributed by atoms with E-state index in [0.717, 1.165) is 12.0 Å². The number of likely N-dealkylation sites (tertiary alicyclic amines) is 1. The van der Waals surface area contributed by atoms with E-state index in [1.54, 1.807) is 29.2 Å². The van der Waals surface area contributed by atoms with Gasteiger partial charge in [-0.2, -0.15) is 0 Å². The summed E-state index contributed by atoms with van der Waals surface area (Å²) < 4.78 is 18.8. The minimum atomic E-state index is -1.08. The molecular weight excluding hydrogens is 337 g/mol. The number of rotatable bonds is 5. The first-order chi connectivity index (χ1) is 12.4. The summed E-state index contributed by atoms with van der Waals surface area (Å²) in [6, 6.07) is 12.6. The van der Waals surface area contributed by atoms with Crippen molar-refractivity contribution in [3.8, 4) is 5.75 Å². The molecule has 2 aromatic rings. The zero-order valence-electron chi connectivity index (χ0n) is 14.4. The number of hydrogen-bond acceptors (Lipinski definition) is 3. The van der Waals surface area contributed by atoms with Crippen molar-refractivity contribution in [1.82, 2.24) is 4.90 Å². The first kappa shape index (κ1) is 17.9. The summed E-state index contributed by atoms with van der Waals surface area (Å²) in [7, 11) is 0. The summed E-state index contributed by atoms with van der Waals surface area (Å²) >= 11 is 0. The SMILES string of the molecule is CC1CC(c2cccc(F)c2)N(C(=O)c2cccc(OCC(=O)O)c2)C1. The zero-order chi connectivity index (χ0) is 18.7. The number of hydrogen-bond donors (Lipinski definition) is 1. The van der Waals surface area contributed by atoms with E-state index in [2.05, 4.69) is 6.92 Å². The second kappa shape index (κ2) is 7.56. The molecule has 1 heterocycles. The minimum Gasteiger partial charge on any atom is -0.482 e. The molecule has 2 atom stereocenters. The molecule has 0 spiro atoms. The molecule has 1 N–H and O–H groups in total. The molecule has 0 saturated carbocycles. The summed E-state index contributed by atoms with van der Waals surface area (Å²) in [5.74, 6) is -0.948. The number of amides is 1. The fourth-order valence-electron chi connectivity index (χ4n) is 3.33. The van der Waals surface area contributed by atoms with Gasteiger partial charge in [0.1, 0.15) is 11.6 Å². The second-order valence-corrected chi connectivity index (χ2v) is 6.58. The maximum atomic E-state index is 13.6. The van der Waals surface area contributed by atoms with Crippen molar-refractivity contribution in [2.45, 2.75) is 19.4 Å². The number of benzene rings is 2. The van der Waals surface area contributed by atoms with Gasteiger partial charge in [-0.05, 0) is 48.2 Å². The van der Waals surface area contributed by atoms with Crippen LogP contribution >= 0.6 is 0 Å². The van der Waals surface area contributed by atoms with Crippen LogP contribution in [0.15, 0.2) is 48.5 Å². The maximum Gasteiger partial charge on any atom is 0.341 e. The van der Waals surface area contributed by atoms with E-state index >= 15 is 0 Å². The molecule has 3 rings (SSSR count). The average molecular weight is 357 g/mol. The van der Waals surface area contributed by atoms with E-state index < -0.39 is 12.6 Å². The van der Waals surface area contributed by atoms with Crippen LogP contribution in [-0.2, 0) is 4.79 Å². The van der Waals surface area contributed by atoms with Crippen molar-refractivity contribution >= 4 is 11.9 Å². The molecule has 6 heteroatoms. The van der Waals surface area contributed by atoms with Crippen LogP contribution in [0.2, 0.25) is 0 Å². The van der Waals surface area contributed by atoms with E-state index in [1.807, 2.05) is 6.07 Å². The normalized spacial score (nSPS) is 19.4. The van der Waals surface area contributed by atoms with Crippen LogP contribution in [-0.4, -0.2) is 35.0 Å². The van der Waals surface area contributed by atoms with Gasteiger partial charge in [0.25, 0.3) is 5.91 Å². The molecule has 26 heavy (non-hydrogen) atoms. The van der Waals surface area contributed by atoms with Gasteiger partial charge in [-0.15, -0.1) is 0 Å². The van der Waals surface area contributed by atoms with Crippen LogP contribution in [0.4, 0.5) is 4.39 Å². The number of carbonyl (C=O) groups is 2. The lowest BCUT2D eigenvalue weighted by atomic mass is 10.0. The molecule has 1 saturated heterocycles. The Balaban J connectivity index is 1.83. The highest BCUT2D eigenvalue weighted by Crippen LogP contribution is 2.36. The number of halogens is 1. The molecule has 0 aromatic heterocycles. The minimum absolute atomic E-state index is 0.176. The molecule has 2 aromatic carbocycles. The molecule has 136 valence electrons. The Morgan fingerprint density at radius 1 is 1.23 bits per heavy atom. The molecule has 0 aliphatic carbocycles. The van der Waals surface area contributed by atoms with Crippen LogP contribution in [0, 0.1) is 11.7 Å². The van der Waals surface area contributed by atoms with Gasteiger partial charge in [0.05, 0.1) is 6.04 Å². The fourth-order valence-corrected chi connectivity index (χ4v) is 3.33. The summed E-state index contributed by atoms with van der Waals surface area (Å²) in [4.78, 5) is 25.4. The first-order valence-electron chi connectivity index (χ1n) is 8.45. The van der Waals surface area contributed by atoms with Crippen molar-refractivity contribution in [2.75, 3.05) is 13.2 Å². The van der Waals surface area contributed by atoms with Gasteiger partial charge >= 0.3 is 5.97 Å². The Bertz CT molecular complexity index is 823. The molecule has 5 nitrogen and oxygen atoms in total. The zero-order valence-corrected chi connectivity index (χ0v) is 14.4. The third kappa shape index (κ3) is 4.02. The van der Waals surface area contributed by atoms with Gasteiger partial charge in [0, 0.05) is 12.1 Å². The quantitative estimate of drug-likeness (QED) is 0.889. The monoisotopic (exact) mass is 357 g/mol. The van der Waals surface area contributed by atoms with Crippen molar-refractivity contribution in [3.63, 3.8) is 0 Å². The van der Waals surface area contributed by atoms with E-state index in [1.165, 1.54) is 18.2 Å². The van der Waals surface area contributed by atoms with E-state index in [9.17, 15) is 14.0 Å². The van der Waals surface area contributed by atoms with Crippen LogP contribution in [0.3, 0.4) is 0 Å².